The van der Waals surface area contributed by atoms with Crippen LogP contribution in [0.15, 0.2) is 4.52 Å². The molecule has 112 valence electrons. The van der Waals surface area contributed by atoms with Crippen LogP contribution in [0.3, 0.4) is 0 Å². The molecule has 0 spiro atoms. The van der Waals surface area contributed by atoms with Crippen molar-refractivity contribution < 1.29 is 9.26 Å². The summed E-state index contributed by atoms with van der Waals surface area (Å²) >= 11 is 0. The van der Waals surface area contributed by atoms with Crippen LogP contribution in [0.5, 0.6) is 0 Å². The molecule has 5 heteroatoms. The Kier molecular flexibility index (Phi) is 4.08. The molecule has 20 heavy (non-hydrogen) atoms. The quantitative estimate of drug-likeness (QED) is 0.862. The van der Waals surface area contributed by atoms with E-state index in [0.717, 1.165) is 37.6 Å². The SMILES string of the molecule is CNC1CCCCCC1c1nc(C2(C)CCCO2)no1. The number of aromatic nitrogens is 2. The molecule has 0 aromatic carbocycles. The minimum Gasteiger partial charge on any atom is -0.367 e. The van der Waals surface area contributed by atoms with Crippen LogP contribution in [0.1, 0.15) is 69.5 Å². The van der Waals surface area contributed by atoms with E-state index in [2.05, 4.69) is 22.4 Å². The predicted octanol–water partition coefficient (Wildman–Crippen LogP) is 2.73. The highest BCUT2D eigenvalue weighted by atomic mass is 16.5. The summed E-state index contributed by atoms with van der Waals surface area (Å²) in [5, 5.41) is 7.63. The molecule has 0 radical (unpaired) electrons. The van der Waals surface area contributed by atoms with Gasteiger partial charge in [0.15, 0.2) is 0 Å². The number of nitrogens with one attached hydrogen (secondary N) is 1. The normalized spacial score (nSPS) is 35.1. The molecule has 3 atom stereocenters. The summed E-state index contributed by atoms with van der Waals surface area (Å²) in [7, 11) is 2.03. The van der Waals surface area contributed by atoms with Crippen LogP contribution >= 0.6 is 0 Å². The zero-order valence-corrected chi connectivity index (χ0v) is 12.5. The van der Waals surface area contributed by atoms with Gasteiger partial charge in [-0.2, -0.15) is 4.98 Å². The molecular weight excluding hydrogens is 254 g/mol. The molecule has 1 saturated heterocycles. The van der Waals surface area contributed by atoms with Gasteiger partial charge in [-0.1, -0.05) is 24.4 Å². The lowest BCUT2D eigenvalue weighted by atomic mass is 9.94. The van der Waals surface area contributed by atoms with Crippen molar-refractivity contribution in [2.24, 2.45) is 0 Å². The van der Waals surface area contributed by atoms with Gasteiger partial charge in [0.2, 0.25) is 11.7 Å². The summed E-state index contributed by atoms with van der Waals surface area (Å²) in [6.45, 7) is 2.86. The second kappa shape index (κ2) is 5.82. The average Bonchev–Trinajstić information content (AvgIpc) is 3.04. The first-order valence-electron chi connectivity index (χ1n) is 7.88. The maximum absolute atomic E-state index is 5.80. The summed E-state index contributed by atoms with van der Waals surface area (Å²) in [5.74, 6) is 1.86. The molecule has 1 aromatic heterocycles. The maximum Gasteiger partial charge on any atom is 0.231 e. The molecule has 3 rings (SSSR count). The Morgan fingerprint density at radius 3 is 2.80 bits per heavy atom. The van der Waals surface area contributed by atoms with E-state index in [1.165, 1.54) is 25.7 Å². The van der Waals surface area contributed by atoms with Crippen LogP contribution in [0.2, 0.25) is 0 Å². The second-order valence-corrected chi connectivity index (χ2v) is 6.28. The highest BCUT2D eigenvalue weighted by Gasteiger charge is 2.38. The minimum absolute atomic E-state index is 0.341. The van der Waals surface area contributed by atoms with E-state index in [0.29, 0.717) is 12.0 Å². The molecule has 1 aromatic rings. The fourth-order valence-corrected chi connectivity index (χ4v) is 3.50. The smallest absolute Gasteiger partial charge is 0.231 e. The van der Waals surface area contributed by atoms with E-state index in [4.69, 9.17) is 9.26 Å². The predicted molar refractivity (Wildman–Crippen MR) is 75.5 cm³/mol. The van der Waals surface area contributed by atoms with Crippen LogP contribution < -0.4 is 5.32 Å². The first kappa shape index (κ1) is 14.0. The van der Waals surface area contributed by atoms with Gasteiger partial charge in [-0.05, 0) is 39.7 Å². The third kappa shape index (κ3) is 2.61. The molecule has 2 aliphatic rings. The molecule has 3 unspecified atom stereocenters. The summed E-state index contributed by atoms with van der Waals surface area (Å²) in [6.07, 6.45) is 8.20. The number of ether oxygens (including phenoxy) is 1. The third-order valence-electron chi connectivity index (χ3n) is 4.84. The van der Waals surface area contributed by atoms with Gasteiger partial charge >= 0.3 is 0 Å². The Bertz CT molecular complexity index is 440. The van der Waals surface area contributed by atoms with Crippen molar-refractivity contribution >= 4 is 0 Å². The number of likely N-dealkylation sites (N-methyl/N-ethyl adjacent to an activating group) is 1. The standard InChI is InChI=1S/C15H25N3O2/c1-15(9-6-10-19-15)14-17-13(20-18-14)11-7-4-3-5-8-12(11)16-2/h11-12,16H,3-10H2,1-2H3. The lowest BCUT2D eigenvalue weighted by molar-refractivity contribution is 0.00768. The Labute approximate surface area is 120 Å². The second-order valence-electron chi connectivity index (χ2n) is 6.28. The number of rotatable bonds is 3. The number of hydrogen-bond donors (Lipinski definition) is 1. The molecule has 1 aliphatic carbocycles. The highest BCUT2D eigenvalue weighted by Crippen LogP contribution is 2.36. The molecule has 2 heterocycles. The zero-order valence-electron chi connectivity index (χ0n) is 12.5. The van der Waals surface area contributed by atoms with Gasteiger partial charge in [-0.15, -0.1) is 0 Å². The molecule has 1 aliphatic heterocycles. The minimum atomic E-state index is -0.346. The van der Waals surface area contributed by atoms with Gasteiger partial charge < -0.3 is 14.6 Å². The largest absolute Gasteiger partial charge is 0.367 e. The fourth-order valence-electron chi connectivity index (χ4n) is 3.50. The fraction of sp³-hybridized carbons (Fsp3) is 0.867. The molecule has 1 N–H and O–H groups in total. The zero-order chi connectivity index (χ0) is 14.0. The Morgan fingerprint density at radius 1 is 1.20 bits per heavy atom. The van der Waals surface area contributed by atoms with Gasteiger partial charge in [0, 0.05) is 12.6 Å². The van der Waals surface area contributed by atoms with Gasteiger partial charge in [0.1, 0.15) is 5.60 Å². The van der Waals surface area contributed by atoms with E-state index in [1.54, 1.807) is 0 Å². The van der Waals surface area contributed by atoms with Crippen molar-refractivity contribution in [3.63, 3.8) is 0 Å². The van der Waals surface area contributed by atoms with Gasteiger partial charge in [0.05, 0.1) is 5.92 Å². The van der Waals surface area contributed by atoms with E-state index in [-0.39, 0.29) is 5.60 Å². The molecule has 0 amide bonds. The monoisotopic (exact) mass is 279 g/mol. The van der Waals surface area contributed by atoms with E-state index < -0.39 is 0 Å². The summed E-state index contributed by atoms with van der Waals surface area (Å²) in [5.41, 5.74) is -0.346. The molecule has 1 saturated carbocycles. The number of nitrogens with zero attached hydrogens (tertiary/aromatic N) is 2. The summed E-state index contributed by atoms with van der Waals surface area (Å²) < 4.78 is 11.4. The van der Waals surface area contributed by atoms with Crippen LogP contribution in [0.4, 0.5) is 0 Å². The molecule has 2 fully saturated rings. The lowest BCUT2D eigenvalue weighted by Gasteiger charge is -2.21. The van der Waals surface area contributed by atoms with Gasteiger partial charge in [-0.3, -0.25) is 0 Å². The van der Waals surface area contributed by atoms with E-state index in [9.17, 15) is 0 Å². The Morgan fingerprint density at radius 2 is 2.05 bits per heavy atom. The van der Waals surface area contributed by atoms with Crippen molar-refractivity contribution in [1.82, 2.24) is 15.5 Å². The van der Waals surface area contributed by atoms with Crippen LogP contribution in [-0.2, 0) is 10.3 Å². The van der Waals surface area contributed by atoms with Gasteiger partial charge in [-0.25, -0.2) is 0 Å². The lowest BCUT2D eigenvalue weighted by Crippen LogP contribution is -2.31. The van der Waals surface area contributed by atoms with Crippen molar-refractivity contribution in [3.05, 3.63) is 11.7 Å². The topological polar surface area (TPSA) is 60.2 Å². The van der Waals surface area contributed by atoms with Crippen molar-refractivity contribution in [1.29, 1.82) is 0 Å². The van der Waals surface area contributed by atoms with Crippen LogP contribution in [-0.4, -0.2) is 29.8 Å². The van der Waals surface area contributed by atoms with Crippen molar-refractivity contribution in [2.75, 3.05) is 13.7 Å². The average molecular weight is 279 g/mol. The molecule has 5 nitrogen and oxygen atoms in total. The van der Waals surface area contributed by atoms with Crippen molar-refractivity contribution in [3.8, 4) is 0 Å². The first-order chi connectivity index (χ1) is 9.73. The number of hydrogen-bond acceptors (Lipinski definition) is 5. The molecular formula is C15H25N3O2. The van der Waals surface area contributed by atoms with Crippen LogP contribution in [0, 0.1) is 0 Å². The van der Waals surface area contributed by atoms with Crippen LogP contribution in [0.25, 0.3) is 0 Å². The van der Waals surface area contributed by atoms with Crippen molar-refractivity contribution in [2.45, 2.75) is 69.4 Å². The van der Waals surface area contributed by atoms with E-state index in [1.807, 2.05) is 7.05 Å². The Hall–Kier alpha value is -0.940. The highest BCUT2D eigenvalue weighted by molar-refractivity contribution is 5.06. The Balaban J connectivity index is 1.81. The maximum atomic E-state index is 5.80. The van der Waals surface area contributed by atoms with E-state index >= 15 is 0 Å². The summed E-state index contributed by atoms with van der Waals surface area (Å²) in [6, 6.07) is 0.447. The van der Waals surface area contributed by atoms with Gasteiger partial charge in [0.25, 0.3) is 0 Å². The summed E-state index contributed by atoms with van der Waals surface area (Å²) in [4.78, 5) is 4.68. The first-order valence-corrected chi connectivity index (χ1v) is 7.88. The third-order valence-corrected chi connectivity index (χ3v) is 4.84. The molecule has 0 bridgehead atoms.